The monoisotopic (exact) mass is 437 g/mol. The quantitative estimate of drug-likeness (QED) is 0.632. The molecule has 1 atom stereocenters. The van der Waals surface area contributed by atoms with Gasteiger partial charge in [0, 0.05) is 31.7 Å². The number of para-hydroxylation sites is 2. The summed E-state index contributed by atoms with van der Waals surface area (Å²) >= 11 is 0. The number of ether oxygens (including phenoxy) is 2. The molecule has 8 nitrogen and oxygen atoms in total. The van der Waals surface area contributed by atoms with Gasteiger partial charge in [0.2, 0.25) is 5.76 Å². The van der Waals surface area contributed by atoms with E-state index in [9.17, 15) is 9.90 Å². The largest absolute Gasteiger partial charge is 0.497 e. The summed E-state index contributed by atoms with van der Waals surface area (Å²) in [5, 5.41) is 14.5. The van der Waals surface area contributed by atoms with Gasteiger partial charge in [-0.3, -0.25) is 4.79 Å². The third-order valence-corrected chi connectivity index (χ3v) is 5.70. The second-order valence-electron chi connectivity index (χ2n) is 7.63. The molecule has 1 saturated heterocycles. The van der Waals surface area contributed by atoms with E-state index in [4.69, 9.17) is 14.0 Å². The predicted molar refractivity (Wildman–Crippen MR) is 120 cm³/mol. The summed E-state index contributed by atoms with van der Waals surface area (Å²) in [6.45, 7) is 3.98. The molecule has 1 unspecified atom stereocenters. The highest BCUT2D eigenvalue weighted by Crippen LogP contribution is 2.33. The molecular formula is C24H27N3O5. The molecule has 1 amide bonds. The van der Waals surface area contributed by atoms with Crippen LogP contribution in [0.5, 0.6) is 11.5 Å². The highest BCUT2D eigenvalue weighted by atomic mass is 16.5. The zero-order valence-electron chi connectivity index (χ0n) is 18.4. The predicted octanol–water partition coefficient (Wildman–Crippen LogP) is 3.37. The lowest BCUT2D eigenvalue weighted by molar-refractivity contribution is 0.0696. The second-order valence-corrected chi connectivity index (χ2v) is 7.63. The topological polar surface area (TPSA) is 88.3 Å². The Kier molecular flexibility index (Phi) is 6.32. The van der Waals surface area contributed by atoms with Gasteiger partial charge in [-0.1, -0.05) is 17.3 Å². The zero-order valence-corrected chi connectivity index (χ0v) is 18.4. The van der Waals surface area contributed by atoms with E-state index in [0.29, 0.717) is 43.2 Å². The number of aliphatic hydroxyl groups is 1. The molecule has 8 heteroatoms. The molecule has 168 valence electrons. The molecule has 2 aromatic carbocycles. The third-order valence-electron chi connectivity index (χ3n) is 5.70. The van der Waals surface area contributed by atoms with Gasteiger partial charge in [-0.15, -0.1) is 0 Å². The van der Waals surface area contributed by atoms with Crippen LogP contribution in [0, 0.1) is 0 Å². The molecule has 0 radical (unpaired) electrons. The van der Waals surface area contributed by atoms with Crippen molar-refractivity contribution in [1.29, 1.82) is 0 Å². The minimum Gasteiger partial charge on any atom is -0.497 e. The first kappa shape index (κ1) is 21.7. The van der Waals surface area contributed by atoms with Crippen molar-refractivity contribution in [3.8, 4) is 22.8 Å². The van der Waals surface area contributed by atoms with E-state index in [1.54, 1.807) is 38.2 Å². The average Bonchev–Trinajstić information content (AvgIpc) is 3.29. The summed E-state index contributed by atoms with van der Waals surface area (Å²) < 4.78 is 16.1. The number of carbonyl (C=O) groups excluding carboxylic acids is 1. The van der Waals surface area contributed by atoms with Crippen molar-refractivity contribution in [3.05, 3.63) is 59.9 Å². The van der Waals surface area contributed by atoms with E-state index in [1.807, 2.05) is 36.4 Å². The number of amides is 1. The summed E-state index contributed by atoms with van der Waals surface area (Å²) in [6, 6.07) is 15.1. The maximum Gasteiger partial charge on any atom is 0.293 e. The van der Waals surface area contributed by atoms with E-state index in [0.717, 1.165) is 17.0 Å². The number of rotatable bonds is 6. The molecule has 0 saturated carbocycles. The summed E-state index contributed by atoms with van der Waals surface area (Å²) in [5.74, 6) is 1.33. The van der Waals surface area contributed by atoms with Crippen LogP contribution in [0.1, 0.15) is 29.1 Å². The first-order valence-corrected chi connectivity index (χ1v) is 10.5. The number of piperazine rings is 1. The molecule has 2 heterocycles. The van der Waals surface area contributed by atoms with Gasteiger partial charge in [0.25, 0.3) is 5.91 Å². The molecule has 1 aromatic heterocycles. The fourth-order valence-corrected chi connectivity index (χ4v) is 3.98. The number of hydrogen-bond acceptors (Lipinski definition) is 7. The molecule has 1 aliphatic rings. The standard InChI is InChI=1S/C24H27N3O5/c1-16(28)21-22(17-8-10-18(30-2)11-9-17)25-32-23(21)24(29)27-14-12-26(13-15-27)19-6-4-5-7-20(19)31-3/h4-11,16,28H,12-15H2,1-3H3. The van der Waals surface area contributed by atoms with Gasteiger partial charge in [0.1, 0.15) is 17.2 Å². The third kappa shape index (κ3) is 4.13. The maximum atomic E-state index is 13.3. The van der Waals surface area contributed by atoms with Gasteiger partial charge >= 0.3 is 0 Å². The van der Waals surface area contributed by atoms with Crippen molar-refractivity contribution >= 4 is 11.6 Å². The zero-order chi connectivity index (χ0) is 22.7. The first-order chi connectivity index (χ1) is 15.5. The van der Waals surface area contributed by atoms with Crippen LogP contribution < -0.4 is 14.4 Å². The van der Waals surface area contributed by atoms with Crippen LogP contribution in [0.25, 0.3) is 11.3 Å². The van der Waals surface area contributed by atoms with E-state index >= 15 is 0 Å². The molecule has 3 aromatic rings. The number of anilines is 1. The van der Waals surface area contributed by atoms with Crippen LogP contribution in [0.15, 0.2) is 53.1 Å². The Morgan fingerprint density at radius 1 is 1.03 bits per heavy atom. The van der Waals surface area contributed by atoms with Crippen LogP contribution in [-0.2, 0) is 0 Å². The fourth-order valence-electron chi connectivity index (χ4n) is 3.98. The molecule has 1 fully saturated rings. The number of carbonyl (C=O) groups is 1. The SMILES string of the molecule is COc1ccc(-c2noc(C(=O)N3CCN(c4ccccc4OC)CC3)c2C(C)O)cc1. The molecular weight excluding hydrogens is 410 g/mol. The Bertz CT molecular complexity index is 1070. The molecule has 1 aliphatic heterocycles. The number of benzene rings is 2. The molecule has 4 rings (SSSR count). The molecule has 1 N–H and O–H groups in total. The molecule has 0 aliphatic carbocycles. The Balaban J connectivity index is 1.53. The van der Waals surface area contributed by atoms with Crippen molar-refractivity contribution in [1.82, 2.24) is 10.1 Å². The number of nitrogens with zero attached hydrogens (tertiary/aromatic N) is 3. The molecule has 0 spiro atoms. The minimum absolute atomic E-state index is 0.0801. The average molecular weight is 437 g/mol. The van der Waals surface area contributed by atoms with Gasteiger partial charge in [0.15, 0.2) is 0 Å². The van der Waals surface area contributed by atoms with Gasteiger partial charge in [-0.2, -0.15) is 0 Å². The lowest BCUT2D eigenvalue weighted by atomic mass is 10.0. The van der Waals surface area contributed by atoms with Crippen molar-refractivity contribution in [2.24, 2.45) is 0 Å². The van der Waals surface area contributed by atoms with Gasteiger partial charge < -0.3 is 28.9 Å². The van der Waals surface area contributed by atoms with E-state index in [-0.39, 0.29) is 11.7 Å². The van der Waals surface area contributed by atoms with Crippen LogP contribution in [-0.4, -0.2) is 61.5 Å². The summed E-state index contributed by atoms with van der Waals surface area (Å²) in [4.78, 5) is 17.2. The van der Waals surface area contributed by atoms with E-state index in [2.05, 4.69) is 10.1 Å². The Morgan fingerprint density at radius 3 is 2.34 bits per heavy atom. The normalized spacial score (nSPS) is 14.9. The smallest absolute Gasteiger partial charge is 0.293 e. The lowest BCUT2D eigenvalue weighted by Crippen LogP contribution is -2.49. The van der Waals surface area contributed by atoms with Crippen molar-refractivity contribution in [3.63, 3.8) is 0 Å². The second kappa shape index (κ2) is 9.32. The van der Waals surface area contributed by atoms with Crippen molar-refractivity contribution in [2.45, 2.75) is 13.0 Å². The van der Waals surface area contributed by atoms with Crippen LogP contribution in [0.3, 0.4) is 0 Å². The summed E-state index contributed by atoms with van der Waals surface area (Å²) in [5.41, 5.74) is 2.60. The highest BCUT2D eigenvalue weighted by molar-refractivity contribution is 5.95. The number of methoxy groups -OCH3 is 2. The van der Waals surface area contributed by atoms with Crippen LogP contribution in [0.4, 0.5) is 5.69 Å². The van der Waals surface area contributed by atoms with E-state index < -0.39 is 6.10 Å². The van der Waals surface area contributed by atoms with Gasteiger partial charge in [-0.05, 0) is 43.3 Å². The first-order valence-electron chi connectivity index (χ1n) is 10.5. The van der Waals surface area contributed by atoms with Gasteiger partial charge in [-0.25, -0.2) is 0 Å². The maximum absolute atomic E-state index is 13.3. The molecule has 32 heavy (non-hydrogen) atoms. The van der Waals surface area contributed by atoms with Crippen molar-refractivity contribution < 1.29 is 23.9 Å². The molecule has 0 bridgehead atoms. The summed E-state index contributed by atoms with van der Waals surface area (Å²) in [7, 11) is 3.25. The minimum atomic E-state index is -0.910. The highest BCUT2D eigenvalue weighted by Gasteiger charge is 2.31. The summed E-state index contributed by atoms with van der Waals surface area (Å²) in [6.07, 6.45) is -0.910. The number of aliphatic hydroxyl groups excluding tert-OH is 1. The Labute approximate surface area is 186 Å². The fraction of sp³-hybridized carbons (Fsp3) is 0.333. The number of aromatic nitrogens is 1. The van der Waals surface area contributed by atoms with Gasteiger partial charge in [0.05, 0.1) is 31.6 Å². The lowest BCUT2D eigenvalue weighted by Gasteiger charge is -2.36. The Morgan fingerprint density at radius 2 is 1.72 bits per heavy atom. The van der Waals surface area contributed by atoms with Crippen LogP contribution in [0.2, 0.25) is 0 Å². The van der Waals surface area contributed by atoms with E-state index in [1.165, 1.54) is 0 Å². The number of hydrogen-bond donors (Lipinski definition) is 1. The van der Waals surface area contributed by atoms with Crippen molar-refractivity contribution in [2.75, 3.05) is 45.3 Å². The Hall–Kier alpha value is -3.52. The van der Waals surface area contributed by atoms with Crippen LogP contribution >= 0.6 is 0 Å².